The van der Waals surface area contributed by atoms with Crippen LogP contribution < -0.4 is 9.47 Å². The molecule has 0 aliphatic rings. The van der Waals surface area contributed by atoms with E-state index in [4.69, 9.17) is 24.0 Å². The molecule has 0 saturated carbocycles. The van der Waals surface area contributed by atoms with E-state index in [1.165, 1.54) is 0 Å². The molecule has 0 radical (unpaired) electrons. The SMILES string of the molecule is C=CCOC[C@@H](O)CN(CCOC)Cc1c(-c2ccccc2)nn(C)c1Oc1cccc(OC)c1. The molecule has 0 unspecified atom stereocenters. The zero-order chi connectivity index (χ0) is 25.0. The summed E-state index contributed by atoms with van der Waals surface area (Å²) in [5, 5.41) is 15.4. The summed E-state index contributed by atoms with van der Waals surface area (Å²) in [6.45, 7) is 6.31. The third-order valence-electron chi connectivity index (χ3n) is 5.40. The number of aliphatic hydroxyl groups is 1. The van der Waals surface area contributed by atoms with Crippen LogP contribution in [0.3, 0.4) is 0 Å². The van der Waals surface area contributed by atoms with E-state index in [1.807, 2.05) is 61.6 Å². The Morgan fingerprint density at radius 1 is 1.11 bits per heavy atom. The van der Waals surface area contributed by atoms with Gasteiger partial charge >= 0.3 is 0 Å². The van der Waals surface area contributed by atoms with Gasteiger partial charge in [0.05, 0.1) is 38.6 Å². The van der Waals surface area contributed by atoms with Crippen LogP contribution in [-0.4, -0.2) is 73.0 Å². The quantitative estimate of drug-likeness (QED) is 0.261. The Kier molecular flexibility index (Phi) is 10.3. The highest BCUT2D eigenvalue weighted by Crippen LogP contribution is 2.35. The number of rotatable bonds is 15. The van der Waals surface area contributed by atoms with Crippen molar-refractivity contribution in [2.24, 2.45) is 7.05 Å². The van der Waals surface area contributed by atoms with Crippen molar-refractivity contribution in [2.45, 2.75) is 12.6 Å². The van der Waals surface area contributed by atoms with E-state index in [2.05, 4.69) is 11.5 Å². The largest absolute Gasteiger partial charge is 0.497 e. The molecule has 8 nitrogen and oxygen atoms in total. The van der Waals surface area contributed by atoms with E-state index in [0.29, 0.717) is 50.2 Å². The molecule has 0 aliphatic heterocycles. The fourth-order valence-corrected chi connectivity index (χ4v) is 3.74. The van der Waals surface area contributed by atoms with Crippen molar-refractivity contribution in [1.29, 1.82) is 0 Å². The van der Waals surface area contributed by atoms with Crippen LogP contribution in [0.15, 0.2) is 67.3 Å². The first-order valence-corrected chi connectivity index (χ1v) is 11.6. The summed E-state index contributed by atoms with van der Waals surface area (Å²) in [4.78, 5) is 2.12. The van der Waals surface area contributed by atoms with Gasteiger partial charge in [-0.3, -0.25) is 4.90 Å². The van der Waals surface area contributed by atoms with Crippen LogP contribution in [0.1, 0.15) is 5.56 Å². The number of benzene rings is 2. The van der Waals surface area contributed by atoms with E-state index in [1.54, 1.807) is 25.0 Å². The van der Waals surface area contributed by atoms with Crippen LogP contribution in [0, 0.1) is 0 Å². The molecule has 3 rings (SSSR count). The van der Waals surface area contributed by atoms with Crippen LogP contribution in [0.2, 0.25) is 0 Å². The van der Waals surface area contributed by atoms with Crippen LogP contribution in [0.5, 0.6) is 17.4 Å². The third kappa shape index (κ3) is 7.66. The van der Waals surface area contributed by atoms with Crippen LogP contribution in [0.25, 0.3) is 11.3 Å². The van der Waals surface area contributed by atoms with Gasteiger partial charge in [0, 0.05) is 45.4 Å². The summed E-state index contributed by atoms with van der Waals surface area (Å²) in [5.41, 5.74) is 2.72. The summed E-state index contributed by atoms with van der Waals surface area (Å²) in [6, 6.07) is 17.5. The van der Waals surface area contributed by atoms with Crippen molar-refractivity contribution in [1.82, 2.24) is 14.7 Å². The second-order valence-corrected chi connectivity index (χ2v) is 8.11. The highest BCUT2D eigenvalue weighted by Gasteiger charge is 2.23. The molecule has 0 aliphatic carbocycles. The summed E-state index contributed by atoms with van der Waals surface area (Å²) >= 11 is 0. The second kappa shape index (κ2) is 13.7. The fraction of sp³-hybridized carbons (Fsp3) is 0.370. The molecule has 188 valence electrons. The Hall–Kier alpha value is -3.17. The monoisotopic (exact) mass is 481 g/mol. The number of methoxy groups -OCH3 is 2. The van der Waals surface area contributed by atoms with Gasteiger partial charge in [-0.25, -0.2) is 4.68 Å². The highest BCUT2D eigenvalue weighted by molar-refractivity contribution is 5.65. The van der Waals surface area contributed by atoms with Gasteiger partial charge in [0.2, 0.25) is 5.88 Å². The lowest BCUT2D eigenvalue weighted by Crippen LogP contribution is -2.36. The minimum Gasteiger partial charge on any atom is -0.497 e. The van der Waals surface area contributed by atoms with E-state index < -0.39 is 6.10 Å². The molecular weight excluding hydrogens is 446 g/mol. The molecule has 1 atom stereocenters. The first-order chi connectivity index (χ1) is 17.0. The number of nitrogens with zero attached hydrogens (tertiary/aromatic N) is 3. The zero-order valence-electron chi connectivity index (χ0n) is 20.7. The number of ether oxygens (including phenoxy) is 4. The smallest absolute Gasteiger partial charge is 0.222 e. The normalized spacial score (nSPS) is 12.0. The molecule has 35 heavy (non-hydrogen) atoms. The van der Waals surface area contributed by atoms with Crippen LogP contribution >= 0.6 is 0 Å². The molecule has 3 aromatic rings. The molecule has 8 heteroatoms. The maximum atomic E-state index is 10.6. The van der Waals surface area contributed by atoms with E-state index in [0.717, 1.165) is 16.8 Å². The first kappa shape index (κ1) is 26.4. The molecule has 0 amide bonds. The highest BCUT2D eigenvalue weighted by atomic mass is 16.5. The predicted octanol–water partition coefficient (Wildman–Crippen LogP) is 3.90. The molecule has 1 aromatic heterocycles. The lowest BCUT2D eigenvalue weighted by Gasteiger charge is -2.25. The number of hydrogen-bond donors (Lipinski definition) is 1. The van der Waals surface area contributed by atoms with Crippen molar-refractivity contribution in [3.8, 4) is 28.6 Å². The first-order valence-electron chi connectivity index (χ1n) is 11.6. The van der Waals surface area contributed by atoms with E-state index in [-0.39, 0.29) is 6.61 Å². The Morgan fingerprint density at radius 2 is 1.89 bits per heavy atom. The van der Waals surface area contributed by atoms with Crippen molar-refractivity contribution >= 4 is 0 Å². The summed E-state index contributed by atoms with van der Waals surface area (Å²) in [6.07, 6.45) is 1.01. The number of aliphatic hydroxyl groups excluding tert-OH is 1. The maximum absolute atomic E-state index is 10.6. The second-order valence-electron chi connectivity index (χ2n) is 8.11. The van der Waals surface area contributed by atoms with Gasteiger partial charge in [0.15, 0.2) is 0 Å². The van der Waals surface area contributed by atoms with Crippen molar-refractivity contribution in [3.05, 3.63) is 72.8 Å². The molecule has 0 fully saturated rings. The molecule has 0 bridgehead atoms. The fourth-order valence-electron chi connectivity index (χ4n) is 3.74. The Labute approximate surface area is 207 Å². The van der Waals surface area contributed by atoms with Gasteiger partial charge in [-0.2, -0.15) is 5.10 Å². The molecule has 0 spiro atoms. The Balaban J connectivity index is 1.94. The molecule has 1 N–H and O–H groups in total. The van der Waals surface area contributed by atoms with E-state index >= 15 is 0 Å². The number of aromatic nitrogens is 2. The maximum Gasteiger partial charge on any atom is 0.222 e. The summed E-state index contributed by atoms with van der Waals surface area (Å²) < 4.78 is 24.2. The molecule has 2 aromatic carbocycles. The van der Waals surface area contributed by atoms with Gasteiger partial charge in [-0.15, -0.1) is 6.58 Å². The van der Waals surface area contributed by atoms with Gasteiger partial charge in [0.1, 0.15) is 17.2 Å². The number of aryl methyl sites for hydroxylation is 1. The van der Waals surface area contributed by atoms with Gasteiger partial charge in [-0.05, 0) is 12.1 Å². The number of hydrogen-bond acceptors (Lipinski definition) is 7. The summed E-state index contributed by atoms with van der Waals surface area (Å²) in [7, 11) is 5.15. The Morgan fingerprint density at radius 3 is 2.60 bits per heavy atom. The van der Waals surface area contributed by atoms with Gasteiger partial charge < -0.3 is 24.1 Å². The Bertz CT molecular complexity index is 1050. The average Bonchev–Trinajstić information content (AvgIpc) is 3.18. The van der Waals surface area contributed by atoms with Gasteiger partial charge in [-0.1, -0.05) is 42.5 Å². The molecule has 1 heterocycles. The average molecular weight is 482 g/mol. The minimum atomic E-state index is -0.661. The predicted molar refractivity (Wildman–Crippen MR) is 136 cm³/mol. The van der Waals surface area contributed by atoms with Gasteiger partial charge in [0.25, 0.3) is 0 Å². The third-order valence-corrected chi connectivity index (χ3v) is 5.40. The summed E-state index contributed by atoms with van der Waals surface area (Å²) in [5.74, 6) is 1.98. The standard InChI is InChI=1S/C27H35N3O5/c1-5-15-34-20-22(31)18-30(14-16-32-3)19-25-26(21-10-7-6-8-11-21)28-29(2)27(25)35-24-13-9-12-23(17-24)33-4/h5-13,17,22,31H,1,14-16,18-20H2,2-4H3/t22-/m0/s1. The van der Waals surface area contributed by atoms with Crippen LogP contribution in [-0.2, 0) is 23.1 Å². The van der Waals surface area contributed by atoms with E-state index in [9.17, 15) is 5.11 Å². The lowest BCUT2D eigenvalue weighted by atomic mass is 10.1. The molecule has 0 saturated heterocycles. The minimum absolute atomic E-state index is 0.223. The zero-order valence-corrected chi connectivity index (χ0v) is 20.7. The van der Waals surface area contributed by atoms with Crippen molar-refractivity contribution in [3.63, 3.8) is 0 Å². The topological polar surface area (TPSA) is 78.2 Å². The van der Waals surface area contributed by atoms with Crippen molar-refractivity contribution in [2.75, 3.05) is 47.1 Å². The van der Waals surface area contributed by atoms with Crippen LogP contribution in [0.4, 0.5) is 0 Å². The van der Waals surface area contributed by atoms with Crippen molar-refractivity contribution < 1.29 is 24.1 Å². The lowest BCUT2D eigenvalue weighted by molar-refractivity contribution is 0.0193. The molecular formula is C27H35N3O5.